The summed E-state index contributed by atoms with van der Waals surface area (Å²) in [5, 5.41) is 1.54. The number of hydrogen-bond acceptors (Lipinski definition) is 1. The van der Waals surface area contributed by atoms with Gasteiger partial charge in [-0.25, -0.2) is 0 Å². The normalized spacial score (nSPS) is 10.6. The van der Waals surface area contributed by atoms with Gasteiger partial charge in [0.05, 0.1) is 0 Å². The standard InChI is InChI=1S/C15H13Br2ClO/c1-9-5-13(6-10(2)15(9)18)19-14-4-3-12(17)7-11(14)8-16/h3-7H,8H2,1-2H3. The molecule has 4 heteroatoms. The Bertz CT molecular complexity index is 588. The molecule has 0 saturated carbocycles. The number of rotatable bonds is 3. The zero-order chi connectivity index (χ0) is 14.0. The first kappa shape index (κ1) is 14.9. The van der Waals surface area contributed by atoms with Gasteiger partial charge in [-0.15, -0.1) is 0 Å². The van der Waals surface area contributed by atoms with Crippen molar-refractivity contribution in [3.05, 3.63) is 56.5 Å². The zero-order valence-corrected chi connectivity index (χ0v) is 14.6. The highest BCUT2D eigenvalue weighted by atomic mass is 79.9. The molecule has 0 unspecified atom stereocenters. The van der Waals surface area contributed by atoms with E-state index in [1.54, 1.807) is 0 Å². The van der Waals surface area contributed by atoms with E-state index in [9.17, 15) is 0 Å². The van der Waals surface area contributed by atoms with Crippen LogP contribution in [0.25, 0.3) is 0 Å². The van der Waals surface area contributed by atoms with Crippen LogP contribution in [0.3, 0.4) is 0 Å². The second-order valence-corrected chi connectivity index (χ2v) is 6.21. The van der Waals surface area contributed by atoms with Gasteiger partial charge in [0.1, 0.15) is 11.5 Å². The molecule has 0 aromatic heterocycles. The van der Waals surface area contributed by atoms with E-state index in [0.717, 1.165) is 43.0 Å². The van der Waals surface area contributed by atoms with Crippen molar-refractivity contribution in [3.63, 3.8) is 0 Å². The highest BCUT2D eigenvalue weighted by Gasteiger charge is 2.08. The van der Waals surface area contributed by atoms with Crippen LogP contribution >= 0.6 is 43.5 Å². The molecular weight excluding hydrogens is 391 g/mol. The van der Waals surface area contributed by atoms with Crippen molar-refractivity contribution in [1.29, 1.82) is 0 Å². The number of alkyl halides is 1. The van der Waals surface area contributed by atoms with Crippen molar-refractivity contribution in [3.8, 4) is 11.5 Å². The Morgan fingerprint density at radius 1 is 1.11 bits per heavy atom. The molecule has 0 aliphatic heterocycles. The molecule has 0 aliphatic carbocycles. The Labute approximate surface area is 135 Å². The maximum absolute atomic E-state index is 6.16. The summed E-state index contributed by atoms with van der Waals surface area (Å²) < 4.78 is 7.00. The fourth-order valence-electron chi connectivity index (χ4n) is 1.84. The minimum Gasteiger partial charge on any atom is -0.457 e. The second-order valence-electron chi connectivity index (χ2n) is 4.36. The molecule has 0 radical (unpaired) electrons. The molecule has 0 N–H and O–H groups in total. The van der Waals surface area contributed by atoms with E-state index in [1.807, 2.05) is 44.2 Å². The Morgan fingerprint density at radius 3 is 2.32 bits per heavy atom. The summed E-state index contributed by atoms with van der Waals surface area (Å²) in [6.45, 7) is 3.96. The minimum absolute atomic E-state index is 0.743. The second kappa shape index (κ2) is 6.29. The highest BCUT2D eigenvalue weighted by Crippen LogP contribution is 2.32. The third kappa shape index (κ3) is 3.53. The van der Waals surface area contributed by atoms with E-state index in [-0.39, 0.29) is 0 Å². The number of ether oxygens (including phenoxy) is 1. The van der Waals surface area contributed by atoms with Gasteiger partial charge in [-0.05, 0) is 55.3 Å². The summed E-state index contributed by atoms with van der Waals surface area (Å²) in [6, 6.07) is 9.88. The first-order chi connectivity index (χ1) is 9.01. The zero-order valence-electron chi connectivity index (χ0n) is 10.6. The molecule has 0 heterocycles. The topological polar surface area (TPSA) is 9.23 Å². The maximum Gasteiger partial charge on any atom is 0.131 e. The number of aryl methyl sites for hydroxylation is 2. The molecule has 1 nitrogen and oxygen atoms in total. The lowest BCUT2D eigenvalue weighted by atomic mass is 10.1. The molecule has 0 spiro atoms. The molecule has 0 bridgehead atoms. The van der Waals surface area contributed by atoms with E-state index in [1.165, 1.54) is 0 Å². The Morgan fingerprint density at radius 2 is 1.74 bits per heavy atom. The van der Waals surface area contributed by atoms with Gasteiger partial charge < -0.3 is 4.74 Å². The molecule has 0 atom stereocenters. The first-order valence-electron chi connectivity index (χ1n) is 5.80. The summed E-state index contributed by atoms with van der Waals surface area (Å²) in [4.78, 5) is 0. The Kier molecular flexibility index (Phi) is 4.93. The van der Waals surface area contributed by atoms with Gasteiger partial charge in [-0.1, -0.05) is 43.5 Å². The average molecular weight is 405 g/mol. The Hall–Kier alpha value is -0.510. The van der Waals surface area contributed by atoms with Crippen LogP contribution in [0.5, 0.6) is 11.5 Å². The quantitative estimate of drug-likeness (QED) is 0.537. The molecule has 2 rings (SSSR count). The highest BCUT2D eigenvalue weighted by molar-refractivity contribution is 9.10. The third-order valence-corrected chi connectivity index (χ3v) is 4.50. The lowest BCUT2D eigenvalue weighted by Crippen LogP contribution is -1.91. The van der Waals surface area contributed by atoms with Crippen LogP contribution in [0.1, 0.15) is 16.7 Å². The predicted octanol–water partition coefficient (Wildman–Crippen LogP) is 6.41. The van der Waals surface area contributed by atoms with Gasteiger partial charge in [0.25, 0.3) is 0 Å². The molecule has 100 valence electrons. The third-order valence-electron chi connectivity index (χ3n) is 2.80. The summed E-state index contributed by atoms with van der Waals surface area (Å²) >= 11 is 13.1. The lowest BCUT2D eigenvalue weighted by Gasteiger charge is -2.12. The van der Waals surface area contributed by atoms with Gasteiger partial charge in [0.2, 0.25) is 0 Å². The van der Waals surface area contributed by atoms with E-state index in [2.05, 4.69) is 31.9 Å². The van der Waals surface area contributed by atoms with E-state index in [0.29, 0.717) is 0 Å². The van der Waals surface area contributed by atoms with E-state index in [4.69, 9.17) is 16.3 Å². The lowest BCUT2D eigenvalue weighted by molar-refractivity contribution is 0.477. The molecule has 2 aromatic carbocycles. The van der Waals surface area contributed by atoms with Crippen molar-refractivity contribution in [1.82, 2.24) is 0 Å². The fourth-order valence-corrected chi connectivity index (χ4v) is 2.80. The van der Waals surface area contributed by atoms with Gasteiger partial charge in [0, 0.05) is 20.4 Å². The molecule has 0 saturated heterocycles. The van der Waals surface area contributed by atoms with Crippen LogP contribution < -0.4 is 4.74 Å². The van der Waals surface area contributed by atoms with E-state index < -0.39 is 0 Å². The summed E-state index contributed by atoms with van der Waals surface area (Å²) in [5.41, 5.74) is 3.14. The Balaban J connectivity index is 2.36. The van der Waals surface area contributed by atoms with Crippen molar-refractivity contribution in [2.75, 3.05) is 0 Å². The maximum atomic E-state index is 6.16. The number of hydrogen-bond donors (Lipinski definition) is 0. The monoisotopic (exact) mass is 402 g/mol. The smallest absolute Gasteiger partial charge is 0.131 e. The molecule has 0 amide bonds. The average Bonchev–Trinajstić information content (AvgIpc) is 2.38. The first-order valence-corrected chi connectivity index (χ1v) is 8.09. The summed E-state index contributed by atoms with van der Waals surface area (Å²) in [7, 11) is 0. The van der Waals surface area contributed by atoms with Crippen molar-refractivity contribution < 1.29 is 4.74 Å². The van der Waals surface area contributed by atoms with Crippen molar-refractivity contribution in [2.24, 2.45) is 0 Å². The minimum atomic E-state index is 0.743. The number of halogens is 3. The SMILES string of the molecule is Cc1cc(Oc2ccc(Br)cc2CBr)cc(C)c1Cl. The molecular formula is C15H13Br2ClO. The number of benzene rings is 2. The van der Waals surface area contributed by atoms with Crippen LogP contribution in [0.15, 0.2) is 34.8 Å². The predicted molar refractivity (Wildman–Crippen MR) is 87.8 cm³/mol. The van der Waals surface area contributed by atoms with Crippen molar-refractivity contribution in [2.45, 2.75) is 19.2 Å². The largest absolute Gasteiger partial charge is 0.457 e. The fraction of sp³-hybridized carbons (Fsp3) is 0.200. The summed E-state index contributed by atoms with van der Waals surface area (Å²) in [6.07, 6.45) is 0. The van der Waals surface area contributed by atoms with Crippen molar-refractivity contribution >= 4 is 43.5 Å². The van der Waals surface area contributed by atoms with Crippen LogP contribution in [-0.2, 0) is 5.33 Å². The molecule has 19 heavy (non-hydrogen) atoms. The van der Waals surface area contributed by atoms with Gasteiger partial charge in [-0.3, -0.25) is 0 Å². The van der Waals surface area contributed by atoms with Crippen LogP contribution in [0, 0.1) is 13.8 Å². The molecule has 0 aliphatic rings. The van der Waals surface area contributed by atoms with Gasteiger partial charge >= 0.3 is 0 Å². The molecule has 0 fully saturated rings. The van der Waals surface area contributed by atoms with Gasteiger partial charge in [0.15, 0.2) is 0 Å². The van der Waals surface area contributed by atoms with E-state index >= 15 is 0 Å². The van der Waals surface area contributed by atoms with Crippen LogP contribution in [0.4, 0.5) is 0 Å². The van der Waals surface area contributed by atoms with Gasteiger partial charge in [-0.2, -0.15) is 0 Å². The molecule has 2 aromatic rings. The summed E-state index contributed by atoms with van der Waals surface area (Å²) in [5.74, 6) is 1.66. The van der Waals surface area contributed by atoms with Crippen LogP contribution in [0.2, 0.25) is 5.02 Å². The van der Waals surface area contributed by atoms with Crippen LogP contribution in [-0.4, -0.2) is 0 Å².